The predicted octanol–water partition coefficient (Wildman–Crippen LogP) is 6.00. The van der Waals surface area contributed by atoms with Crippen molar-refractivity contribution in [3.05, 3.63) is 49.7 Å². The zero-order valence-electron chi connectivity index (χ0n) is 10.4. The molecule has 1 unspecified atom stereocenters. The Kier molecular flexibility index (Phi) is 5.54. The van der Waals surface area contributed by atoms with E-state index in [1.807, 2.05) is 24.3 Å². The van der Waals surface area contributed by atoms with E-state index in [1.54, 1.807) is 6.26 Å². The van der Waals surface area contributed by atoms with Crippen LogP contribution >= 0.6 is 47.8 Å². The Hall–Kier alpha value is -0.260. The second kappa shape index (κ2) is 6.95. The van der Waals surface area contributed by atoms with E-state index in [0.717, 1.165) is 37.7 Å². The molecular formula is C14H14Br3NO. The number of hydrogen-bond donors (Lipinski definition) is 1. The molecule has 1 aromatic heterocycles. The number of halogens is 3. The molecule has 2 rings (SSSR count). The third kappa shape index (κ3) is 4.36. The highest BCUT2D eigenvalue weighted by Crippen LogP contribution is 2.35. The smallest absolute Gasteiger partial charge is 0.103 e. The Morgan fingerprint density at radius 2 is 1.89 bits per heavy atom. The summed E-state index contributed by atoms with van der Waals surface area (Å²) in [7, 11) is 0. The fourth-order valence-corrected chi connectivity index (χ4v) is 4.30. The van der Waals surface area contributed by atoms with Crippen LogP contribution in [0.25, 0.3) is 0 Å². The fourth-order valence-electron chi connectivity index (χ4n) is 1.81. The van der Waals surface area contributed by atoms with Crippen LogP contribution in [0.4, 0.5) is 5.69 Å². The molecule has 1 N–H and O–H groups in total. The predicted molar refractivity (Wildman–Crippen MR) is 89.7 cm³/mol. The minimum absolute atomic E-state index is 0.360. The molecule has 0 fully saturated rings. The zero-order chi connectivity index (χ0) is 13.8. The average Bonchev–Trinajstić information content (AvgIpc) is 2.84. The molecule has 0 saturated carbocycles. The third-order valence-electron chi connectivity index (χ3n) is 2.80. The number of anilines is 1. The Bertz CT molecular complexity index is 517. The van der Waals surface area contributed by atoms with Crippen molar-refractivity contribution in [2.24, 2.45) is 0 Å². The van der Waals surface area contributed by atoms with Gasteiger partial charge in [0.25, 0.3) is 0 Å². The summed E-state index contributed by atoms with van der Waals surface area (Å²) in [5, 5.41) is 3.51. The molecule has 102 valence electrons. The third-order valence-corrected chi connectivity index (χ3v) is 4.51. The molecule has 1 aromatic carbocycles. The van der Waals surface area contributed by atoms with Crippen LogP contribution in [0.1, 0.15) is 19.1 Å². The summed E-state index contributed by atoms with van der Waals surface area (Å²) in [6.07, 6.45) is 3.67. The quantitative estimate of drug-likeness (QED) is 0.603. The molecule has 0 radical (unpaired) electrons. The van der Waals surface area contributed by atoms with Crippen LogP contribution in [-0.2, 0) is 6.42 Å². The molecule has 19 heavy (non-hydrogen) atoms. The van der Waals surface area contributed by atoms with Crippen LogP contribution < -0.4 is 5.32 Å². The Morgan fingerprint density at radius 3 is 2.47 bits per heavy atom. The van der Waals surface area contributed by atoms with Gasteiger partial charge in [0, 0.05) is 25.9 Å². The van der Waals surface area contributed by atoms with Gasteiger partial charge in [0.15, 0.2) is 0 Å². The molecule has 0 bridgehead atoms. The number of benzene rings is 1. The van der Waals surface area contributed by atoms with Gasteiger partial charge in [0.1, 0.15) is 5.76 Å². The molecule has 0 aliphatic carbocycles. The van der Waals surface area contributed by atoms with E-state index in [0.29, 0.717) is 6.04 Å². The van der Waals surface area contributed by atoms with Gasteiger partial charge in [-0.25, -0.2) is 0 Å². The Balaban J connectivity index is 1.97. The van der Waals surface area contributed by atoms with E-state index in [-0.39, 0.29) is 0 Å². The fraction of sp³-hybridized carbons (Fsp3) is 0.286. The first-order valence-electron chi connectivity index (χ1n) is 5.99. The van der Waals surface area contributed by atoms with Crippen LogP contribution in [0.15, 0.2) is 48.4 Å². The van der Waals surface area contributed by atoms with Crippen molar-refractivity contribution in [1.82, 2.24) is 0 Å². The van der Waals surface area contributed by atoms with Crippen molar-refractivity contribution >= 4 is 53.5 Å². The number of aryl methyl sites for hydroxylation is 1. The molecule has 0 saturated heterocycles. The lowest BCUT2D eigenvalue weighted by molar-refractivity contribution is 0.495. The lowest BCUT2D eigenvalue weighted by atomic mass is 10.1. The molecular weight excluding hydrogens is 438 g/mol. The first kappa shape index (κ1) is 15.1. The van der Waals surface area contributed by atoms with Crippen LogP contribution in [0.3, 0.4) is 0 Å². The highest BCUT2D eigenvalue weighted by molar-refractivity contribution is 9.11. The summed E-state index contributed by atoms with van der Waals surface area (Å²) in [6.45, 7) is 2.17. The van der Waals surface area contributed by atoms with Crippen molar-refractivity contribution in [3.63, 3.8) is 0 Å². The zero-order valence-corrected chi connectivity index (χ0v) is 15.2. The summed E-state index contributed by atoms with van der Waals surface area (Å²) >= 11 is 10.6. The second-order valence-electron chi connectivity index (χ2n) is 4.41. The SMILES string of the molecule is CC(CCc1ccco1)Nc1c(Br)cc(Br)cc1Br. The van der Waals surface area contributed by atoms with Gasteiger partial charge in [-0.3, -0.25) is 0 Å². The van der Waals surface area contributed by atoms with Gasteiger partial charge < -0.3 is 9.73 Å². The second-order valence-corrected chi connectivity index (χ2v) is 7.03. The number of nitrogens with one attached hydrogen (secondary N) is 1. The van der Waals surface area contributed by atoms with E-state index in [2.05, 4.69) is 60.0 Å². The first-order chi connectivity index (χ1) is 9.06. The minimum atomic E-state index is 0.360. The minimum Gasteiger partial charge on any atom is -0.469 e. The van der Waals surface area contributed by atoms with Gasteiger partial charge in [0.2, 0.25) is 0 Å². The molecule has 0 spiro atoms. The van der Waals surface area contributed by atoms with Gasteiger partial charge in [0.05, 0.1) is 12.0 Å². The summed E-state index contributed by atoms with van der Waals surface area (Å²) in [4.78, 5) is 0. The molecule has 0 aliphatic heterocycles. The Morgan fingerprint density at radius 1 is 1.21 bits per heavy atom. The molecule has 0 aliphatic rings. The lowest BCUT2D eigenvalue weighted by Crippen LogP contribution is -2.16. The summed E-state index contributed by atoms with van der Waals surface area (Å²) in [6, 6.07) is 8.37. The van der Waals surface area contributed by atoms with E-state index in [9.17, 15) is 0 Å². The van der Waals surface area contributed by atoms with Gasteiger partial charge in [-0.1, -0.05) is 15.9 Å². The van der Waals surface area contributed by atoms with Crippen LogP contribution in [-0.4, -0.2) is 6.04 Å². The van der Waals surface area contributed by atoms with Gasteiger partial charge in [-0.05, 0) is 69.5 Å². The molecule has 0 amide bonds. The van der Waals surface area contributed by atoms with Gasteiger partial charge in [-0.15, -0.1) is 0 Å². The maximum absolute atomic E-state index is 5.34. The number of rotatable bonds is 5. The van der Waals surface area contributed by atoms with Gasteiger partial charge in [-0.2, -0.15) is 0 Å². The normalized spacial score (nSPS) is 12.4. The lowest BCUT2D eigenvalue weighted by Gasteiger charge is -2.17. The van der Waals surface area contributed by atoms with E-state index >= 15 is 0 Å². The topological polar surface area (TPSA) is 25.2 Å². The van der Waals surface area contributed by atoms with Crippen molar-refractivity contribution < 1.29 is 4.42 Å². The van der Waals surface area contributed by atoms with Gasteiger partial charge >= 0.3 is 0 Å². The molecule has 1 heterocycles. The van der Waals surface area contributed by atoms with E-state index in [4.69, 9.17) is 4.42 Å². The van der Waals surface area contributed by atoms with Crippen molar-refractivity contribution in [2.75, 3.05) is 5.32 Å². The molecule has 5 heteroatoms. The Labute approximate surface area is 138 Å². The van der Waals surface area contributed by atoms with E-state index in [1.165, 1.54) is 0 Å². The van der Waals surface area contributed by atoms with Crippen LogP contribution in [0, 0.1) is 0 Å². The molecule has 2 nitrogen and oxygen atoms in total. The summed E-state index contributed by atoms with van der Waals surface area (Å²) in [5.41, 5.74) is 1.08. The maximum Gasteiger partial charge on any atom is 0.103 e. The molecule has 2 aromatic rings. The van der Waals surface area contributed by atoms with Crippen LogP contribution in [0.2, 0.25) is 0 Å². The largest absolute Gasteiger partial charge is 0.469 e. The summed E-state index contributed by atoms with van der Waals surface area (Å²) in [5.74, 6) is 1.03. The van der Waals surface area contributed by atoms with Crippen LogP contribution in [0.5, 0.6) is 0 Å². The van der Waals surface area contributed by atoms with Crippen molar-refractivity contribution in [1.29, 1.82) is 0 Å². The first-order valence-corrected chi connectivity index (χ1v) is 8.37. The standard InChI is InChI=1S/C14H14Br3NO/c1-9(4-5-11-3-2-6-19-11)18-14-12(16)7-10(15)8-13(14)17/h2-3,6-9,18H,4-5H2,1H3. The highest BCUT2D eigenvalue weighted by Gasteiger charge is 2.10. The number of furan rings is 1. The highest BCUT2D eigenvalue weighted by atomic mass is 79.9. The van der Waals surface area contributed by atoms with Crippen molar-refractivity contribution in [3.8, 4) is 0 Å². The monoisotopic (exact) mass is 449 g/mol. The van der Waals surface area contributed by atoms with Crippen molar-refractivity contribution in [2.45, 2.75) is 25.8 Å². The average molecular weight is 452 g/mol. The molecule has 1 atom stereocenters. The number of hydrogen-bond acceptors (Lipinski definition) is 2. The van der Waals surface area contributed by atoms with E-state index < -0.39 is 0 Å². The summed E-state index contributed by atoms with van der Waals surface area (Å²) < 4.78 is 8.47. The maximum atomic E-state index is 5.34.